The number of unbranched alkanes of at least 4 members (excludes halogenated alkanes) is 3. The summed E-state index contributed by atoms with van der Waals surface area (Å²) in [5.74, 6) is 0.511. The fraction of sp³-hybridized carbons (Fsp3) is 0.667. The molecule has 0 aliphatic rings. The molecule has 0 saturated carbocycles. The number of hydrogen-bond donors (Lipinski definition) is 2. The van der Waals surface area contributed by atoms with Crippen LogP contribution < -0.4 is 0 Å². The highest BCUT2D eigenvalue weighted by Gasteiger charge is 2.14. The van der Waals surface area contributed by atoms with Gasteiger partial charge in [-0.15, -0.1) is 12.6 Å². The Morgan fingerprint density at radius 3 is 1.90 bits per heavy atom. The van der Waals surface area contributed by atoms with E-state index in [9.17, 15) is 5.11 Å². The van der Waals surface area contributed by atoms with Crippen molar-refractivity contribution in [3.05, 3.63) is 22.8 Å². The number of phenolic OH excluding ortho intramolecular Hbond substituents is 1. The molecule has 0 saturated heterocycles. The van der Waals surface area contributed by atoms with Crippen LogP contribution in [-0.4, -0.2) is 5.11 Å². The number of thiol groups is 1. The van der Waals surface area contributed by atoms with E-state index >= 15 is 0 Å². The second kappa shape index (κ2) is 9.33. The minimum atomic E-state index is 0.511. The van der Waals surface area contributed by atoms with Gasteiger partial charge in [-0.2, -0.15) is 0 Å². The number of hydrogen-bond acceptors (Lipinski definition) is 2. The Morgan fingerprint density at radius 1 is 0.850 bits per heavy atom. The van der Waals surface area contributed by atoms with Crippen LogP contribution >= 0.6 is 12.6 Å². The average molecular weight is 295 g/mol. The zero-order valence-electron chi connectivity index (χ0n) is 13.3. The van der Waals surface area contributed by atoms with E-state index in [1.165, 1.54) is 18.4 Å². The van der Waals surface area contributed by atoms with Crippen molar-refractivity contribution in [1.29, 1.82) is 0 Å². The van der Waals surface area contributed by atoms with Crippen LogP contribution in [0.3, 0.4) is 0 Å². The number of aryl methyl sites for hydroxylation is 2. The summed E-state index contributed by atoms with van der Waals surface area (Å²) in [7, 11) is 0. The molecular formula is C18H30OS. The maximum absolute atomic E-state index is 10.5. The van der Waals surface area contributed by atoms with Crippen molar-refractivity contribution < 1.29 is 5.11 Å². The monoisotopic (exact) mass is 294 g/mol. The number of aromatic hydroxyl groups is 1. The normalized spacial score (nSPS) is 11.0. The molecule has 1 nitrogen and oxygen atoms in total. The van der Waals surface area contributed by atoms with Crippen LogP contribution in [0.5, 0.6) is 5.75 Å². The Labute approximate surface area is 130 Å². The molecule has 20 heavy (non-hydrogen) atoms. The molecule has 114 valence electrons. The van der Waals surface area contributed by atoms with Gasteiger partial charge < -0.3 is 5.11 Å². The van der Waals surface area contributed by atoms with E-state index in [2.05, 4.69) is 26.8 Å². The van der Waals surface area contributed by atoms with Crippen LogP contribution in [0.4, 0.5) is 0 Å². The topological polar surface area (TPSA) is 20.2 Å². The van der Waals surface area contributed by atoms with Crippen LogP contribution in [0.15, 0.2) is 11.0 Å². The summed E-state index contributed by atoms with van der Waals surface area (Å²) in [6.07, 6.45) is 9.96. The van der Waals surface area contributed by atoms with Crippen LogP contribution in [0.25, 0.3) is 0 Å². The van der Waals surface area contributed by atoms with Crippen molar-refractivity contribution in [3.8, 4) is 5.75 Å². The van der Waals surface area contributed by atoms with E-state index in [0.717, 1.165) is 61.0 Å². The summed E-state index contributed by atoms with van der Waals surface area (Å²) in [6.45, 7) is 6.60. The van der Waals surface area contributed by atoms with Gasteiger partial charge in [0.1, 0.15) is 5.75 Å². The summed E-state index contributed by atoms with van der Waals surface area (Å²) in [4.78, 5) is 1.03. The lowest BCUT2D eigenvalue weighted by atomic mass is 9.95. The first-order valence-electron chi connectivity index (χ1n) is 8.21. The molecule has 0 radical (unpaired) electrons. The predicted octanol–water partition coefficient (Wildman–Crippen LogP) is 5.71. The van der Waals surface area contributed by atoms with Crippen LogP contribution in [0.2, 0.25) is 0 Å². The Morgan fingerprint density at radius 2 is 1.35 bits per heavy atom. The Bertz CT molecular complexity index is 380. The molecule has 0 bridgehead atoms. The molecule has 1 aromatic carbocycles. The molecule has 0 spiro atoms. The first kappa shape index (κ1) is 17.4. The Balaban J connectivity index is 3.09. The van der Waals surface area contributed by atoms with Crippen molar-refractivity contribution in [1.82, 2.24) is 0 Å². The summed E-state index contributed by atoms with van der Waals surface area (Å²) >= 11 is 4.71. The Hall–Kier alpha value is -0.630. The maximum atomic E-state index is 10.5. The SMILES string of the molecule is CCCCc1cc(CCCC)c(S)c(CCCC)c1O. The fourth-order valence-corrected chi connectivity index (χ4v) is 2.95. The summed E-state index contributed by atoms with van der Waals surface area (Å²) < 4.78 is 0. The van der Waals surface area contributed by atoms with E-state index in [-0.39, 0.29) is 0 Å². The lowest BCUT2D eigenvalue weighted by Crippen LogP contribution is -2.00. The van der Waals surface area contributed by atoms with E-state index in [0.29, 0.717) is 5.75 Å². The van der Waals surface area contributed by atoms with Gasteiger partial charge in [-0.25, -0.2) is 0 Å². The molecular weight excluding hydrogens is 264 g/mol. The molecule has 0 aliphatic heterocycles. The minimum absolute atomic E-state index is 0.511. The second-order valence-electron chi connectivity index (χ2n) is 5.68. The molecule has 0 aromatic heterocycles. The van der Waals surface area contributed by atoms with E-state index in [4.69, 9.17) is 12.6 Å². The summed E-state index contributed by atoms with van der Waals surface area (Å²) in [5.41, 5.74) is 3.53. The molecule has 0 fully saturated rings. The first-order chi connectivity index (χ1) is 9.65. The molecule has 1 N–H and O–H groups in total. The number of benzene rings is 1. The van der Waals surface area contributed by atoms with E-state index < -0.39 is 0 Å². The molecule has 1 rings (SSSR count). The second-order valence-corrected chi connectivity index (χ2v) is 6.13. The van der Waals surface area contributed by atoms with Crippen molar-refractivity contribution in [3.63, 3.8) is 0 Å². The third-order valence-corrected chi connectivity index (χ3v) is 4.47. The minimum Gasteiger partial charge on any atom is -0.507 e. The molecule has 0 atom stereocenters. The third-order valence-electron chi connectivity index (χ3n) is 3.91. The van der Waals surface area contributed by atoms with Gasteiger partial charge in [0.25, 0.3) is 0 Å². The lowest BCUT2D eigenvalue weighted by molar-refractivity contribution is 0.455. The molecule has 0 aliphatic carbocycles. The highest BCUT2D eigenvalue weighted by Crippen LogP contribution is 2.34. The molecule has 0 amide bonds. The van der Waals surface area contributed by atoms with Gasteiger partial charge in [-0.05, 0) is 49.7 Å². The molecule has 0 unspecified atom stereocenters. The largest absolute Gasteiger partial charge is 0.507 e. The molecule has 1 aromatic rings. The number of rotatable bonds is 9. The molecule has 2 heteroatoms. The zero-order chi connectivity index (χ0) is 15.0. The third kappa shape index (κ3) is 4.73. The van der Waals surface area contributed by atoms with Gasteiger partial charge in [-0.1, -0.05) is 46.1 Å². The van der Waals surface area contributed by atoms with Gasteiger partial charge >= 0.3 is 0 Å². The zero-order valence-corrected chi connectivity index (χ0v) is 14.2. The lowest BCUT2D eigenvalue weighted by Gasteiger charge is -2.16. The molecule has 0 heterocycles. The summed E-state index contributed by atoms with van der Waals surface area (Å²) in [5, 5.41) is 10.5. The summed E-state index contributed by atoms with van der Waals surface area (Å²) in [6, 6.07) is 2.19. The van der Waals surface area contributed by atoms with Crippen molar-refractivity contribution in [2.45, 2.75) is 83.5 Å². The van der Waals surface area contributed by atoms with Crippen LogP contribution in [0.1, 0.15) is 76.0 Å². The van der Waals surface area contributed by atoms with E-state index in [1.807, 2.05) is 0 Å². The fourth-order valence-electron chi connectivity index (χ4n) is 2.55. The van der Waals surface area contributed by atoms with Gasteiger partial charge in [0.15, 0.2) is 0 Å². The van der Waals surface area contributed by atoms with Crippen molar-refractivity contribution in [2.75, 3.05) is 0 Å². The smallest absolute Gasteiger partial charge is 0.123 e. The maximum Gasteiger partial charge on any atom is 0.123 e. The quantitative estimate of drug-likeness (QED) is 0.559. The number of phenols is 1. The van der Waals surface area contributed by atoms with Crippen molar-refractivity contribution >= 4 is 12.6 Å². The van der Waals surface area contributed by atoms with Crippen molar-refractivity contribution in [2.24, 2.45) is 0 Å². The van der Waals surface area contributed by atoms with Gasteiger partial charge in [0.2, 0.25) is 0 Å². The van der Waals surface area contributed by atoms with Gasteiger partial charge in [0, 0.05) is 10.5 Å². The van der Waals surface area contributed by atoms with Crippen LogP contribution in [-0.2, 0) is 19.3 Å². The predicted molar refractivity (Wildman–Crippen MR) is 91.2 cm³/mol. The van der Waals surface area contributed by atoms with E-state index in [1.54, 1.807) is 0 Å². The van der Waals surface area contributed by atoms with Crippen LogP contribution in [0, 0.1) is 0 Å². The average Bonchev–Trinajstić information content (AvgIpc) is 2.45. The highest BCUT2D eigenvalue weighted by molar-refractivity contribution is 7.80. The Kier molecular flexibility index (Phi) is 8.13. The standard InChI is InChI=1S/C18H30OS/c1-4-7-10-14-13-15(11-8-5-2)18(20)16(17(14)19)12-9-6-3/h13,19-20H,4-12H2,1-3H3. The highest BCUT2D eigenvalue weighted by atomic mass is 32.1. The van der Waals surface area contributed by atoms with Gasteiger partial charge in [-0.3, -0.25) is 0 Å². The van der Waals surface area contributed by atoms with Gasteiger partial charge in [0.05, 0.1) is 0 Å². The first-order valence-corrected chi connectivity index (χ1v) is 8.65.